The van der Waals surface area contributed by atoms with E-state index in [9.17, 15) is 13.2 Å². The first-order valence-corrected chi connectivity index (χ1v) is 6.99. The minimum Gasteiger partial charge on any atom is -0.491 e. The largest absolute Gasteiger partial charge is 0.491 e. The molecule has 0 amide bonds. The van der Waals surface area contributed by atoms with Crippen LogP contribution in [-0.2, 0) is 12.6 Å². The number of aliphatic hydroxyl groups is 1. The highest BCUT2D eigenvalue weighted by atomic mass is 19.4. The van der Waals surface area contributed by atoms with Gasteiger partial charge in [0.1, 0.15) is 12.4 Å². The highest BCUT2D eigenvalue weighted by Gasteiger charge is 2.31. The summed E-state index contributed by atoms with van der Waals surface area (Å²) in [5.74, 6) is 0.0958. The zero-order valence-electron chi connectivity index (χ0n) is 12.2. The molecular formula is C17H17F3O2. The smallest absolute Gasteiger partial charge is 0.416 e. The van der Waals surface area contributed by atoms with Crippen LogP contribution >= 0.6 is 0 Å². The second kappa shape index (κ2) is 6.83. The normalized spacial score (nSPS) is 11.5. The van der Waals surface area contributed by atoms with E-state index in [0.717, 1.165) is 24.1 Å². The molecule has 2 aromatic carbocycles. The van der Waals surface area contributed by atoms with Gasteiger partial charge >= 0.3 is 6.18 Å². The van der Waals surface area contributed by atoms with E-state index in [1.807, 2.05) is 19.1 Å². The van der Waals surface area contributed by atoms with Gasteiger partial charge < -0.3 is 9.84 Å². The molecule has 0 aliphatic heterocycles. The summed E-state index contributed by atoms with van der Waals surface area (Å²) in [6.45, 7) is 1.71. The lowest BCUT2D eigenvalue weighted by atomic mass is 10.0. The third-order valence-electron chi connectivity index (χ3n) is 3.29. The average Bonchev–Trinajstić information content (AvgIpc) is 2.52. The molecule has 22 heavy (non-hydrogen) atoms. The predicted octanol–water partition coefficient (Wildman–Crippen LogP) is 4.31. The van der Waals surface area contributed by atoms with Crippen LogP contribution < -0.4 is 4.74 Å². The van der Waals surface area contributed by atoms with E-state index in [1.165, 1.54) is 0 Å². The molecule has 0 fully saturated rings. The van der Waals surface area contributed by atoms with Crippen LogP contribution in [0.4, 0.5) is 13.2 Å². The molecule has 0 aliphatic carbocycles. The van der Waals surface area contributed by atoms with E-state index in [-0.39, 0.29) is 19.0 Å². The molecule has 0 atom stereocenters. The summed E-state index contributed by atoms with van der Waals surface area (Å²) < 4.78 is 44.1. The van der Waals surface area contributed by atoms with E-state index in [0.29, 0.717) is 11.1 Å². The van der Waals surface area contributed by atoms with Crippen LogP contribution in [0.3, 0.4) is 0 Å². The molecule has 0 saturated heterocycles. The Hall–Kier alpha value is -2.01. The molecule has 0 aliphatic rings. The molecular weight excluding hydrogens is 293 g/mol. The maximum atomic E-state index is 13.0. The molecule has 5 heteroatoms. The Bertz CT molecular complexity index is 619. The zero-order valence-corrected chi connectivity index (χ0v) is 12.2. The van der Waals surface area contributed by atoms with E-state index in [2.05, 4.69) is 0 Å². The first-order valence-electron chi connectivity index (χ1n) is 6.99. The fourth-order valence-corrected chi connectivity index (χ4v) is 2.11. The maximum Gasteiger partial charge on any atom is 0.416 e. The van der Waals surface area contributed by atoms with Gasteiger partial charge in [0.2, 0.25) is 0 Å². The van der Waals surface area contributed by atoms with Crippen LogP contribution in [0, 0.1) is 0 Å². The van der Waals surface area contributed by atoms with Gasteiger partial charge in [0.15, 0.2) is 0 Å². The molecule has 0 saturated carbocycles. The van der Waals surface area contributed by atoms with Crippen LogP contribution in [0.25, 0.3) is 11.1 Å². The Labute approximate surface area is 127 Å². The van der Waals surface area contributed by atoms with Gasteiger partial charge in [0.05, 0.1) is 12.2 Å². The van der Waals surface area contributed by atoms with Crippen molar-refractivity contribution in [1.82, 2.24) is 0 Å². The van der Waals surface area contributed by atoms with Crippen LogP contribution in [0.2, 0.25) is 0 Å². The van der Waals surface area contributed by atoms with Gasteiger partial charge in [0.25, 0.3) is 0 Å². The third-order valence-corrected chi connectivity index (χ3v) is 3.29. The summed E-state index contributed by atoms with van der Waals surface area (Å²) in [5.41, 5.74) is 1.48. The molecule has 1 N–H and O–H groups in total. The lowest BCUT2D eigenvalue weighted by Gasteiger charge is -2.13. The summed E-state index contributed by atoms with van der Waals surface area (Å²) in [7, 11) is 0. The molecule has 0 heterocycles. The van der Waals surface area contributed by atoms with E-state index in [4.69, 9.17) is 9.84 Å². The van der Waals surface area contributed by atoms with Crippen molar-refractivity contribution in [2.24, 2.45) is 0 Å². The number of aryl methyl sites for hydroxylation is 1. The summed E-state index contributed by atoms with van der Waals surface area (Å²) in [6.07, 6.45) is -3.58. The van der Waals surface area contributed by atoms with Gasteiger partial charge in [0, 0.05) is 0 Å². The second-order valence-corrected chi connectivity index (χ2v) is 4.87. The van der Waals surface area contributed by atoms with Crippen molar-refractivity contribution in [3.05, 3.63) is 53.6 Å². The summed E-state index contributed by atoms with van der Waals surface area (Å²) >= 11 is 0. The van der Waals surface area contributed by atoms with E-state index in [1.54, 1.807) is 18.2 Å². The number of alkyl halides is 3. The molecule has 0 radical (unpaired) electrons. The lowest BCUT2D eigenvalue weighted by molar-refractivity contribution is -0.137. The average molecular weight is 310 g/mol. The number of benzene rings is 2. The van der Waals surface area contributed by atoms with Gasteiger partial charge in [-0.3, -0.25) is 0 Å². The predicted molar refractivity (Wildman–Crippen MR) is 78.8 cm³/mol. The third kappa shape index (κ3) is 4.01. The Morgan fingerprint density at radius 1 is 1.00 bits per heavy atom. The van der Waals surface area contributed by atoms with E-state index < -0.39 is 11.7 Å². The SMILES string of the molecule is CCc1ccc(-c2cc(OCCO)cc(C(F)(F)F)c2)cc1. The van der Waals surface area contributed by atoms with Gasteiger partial charge in [-0.15, -0.1) is 0 Å². The number of ether oxygens (including phenoxy) is 1. The molecule has 2 nitrogen and oxygen atoms in total. The second-order valence-electron chi connectivity index (χ2n) is 4.87. The molecule has 2 aromatic rings. The Morgan fingerprint density at radius 3 is 2.23 bits per heavy atom. The highest BCUT2D eigenvalue weighted by Crippen LogP contribution is 2.35. The Morgan fingerprint density at radius 2 is 1.68 bits per heavy atom. The minimum absolute atomic E-state index is 0.0461. The van der Waals surface area contributed by atoms with Crippen molar-refractivity contribution in [1.29, 1.82) is 0 Å². The zero-order chi connectivity index (χ0) is 16.2. The van der Waals surface area contributed by atoms with Gasteiger partial charge in [-0.2, -0.15) is 13.2 Å². The summed E-state index contributed by atoms with van der Waals surface area (Å²) in [5, 5.41) is 8.75. The quantitative estimate of drug-likeness (QED) is 0.892. The first-order chi connectivity index (χ1) is 10.4. The first kappa shape index (κ1) is 16.4. The fraction of sp³-hybridized carbons (Fsp3) is 0.294. The van der Waals surface area contributed by atoms with Gasteiger partial charge in [-0.05, 0) is 41.3 Å². The van der Waals surface area contributed by atoms with Crippen LogP contribution in [0.5, 0.6) is 5.75 Å². The van der Waals surface area contributed by atoms with Gasteiger partial charge in [-0.1, -0.05) is 31.2 Å². The monoisotopic (exact) mass is 310 g/mol. The summed E-state index contributed by atoms with van der Waals surface area (Å²) in [4.78, 5) is 0. The number of aliphatic hydroxyl groups excluding tert-OH is 1. The molecule has 0 unspecified atom stereocenters. The fourth-order valence-electron chi connectivity index (χ4n) is 2.11. The molecule has 0 bridgehead atoms. The number of rotatable bonds is 5. The van der Waals surface area contributed by atoms with Crippen molar-refractivity contribution in [2.45, 2.75) is 19.5 Å². The maximum absolute atomic E-state index is 13.0. The van der Waals surface area contributed by atoms with Gasteiger partial charge in [-0.25, -0.2) is 0 Å². The highest BCUT2D eigenvalue weighted by molar-refractivity contribution is 5.66. The summed E-state index contributed by atoms with van der Waals surface area (Å²) in [6, 6.07) is 11.0. The van der Waals surface area contributed by atoms with Crippen molar-refractivity contribution < 1.29 is 23.0 Å². The molecule has 2 rings (SSSR count). The number of hydrogen-bond donors (Lipinski definition) is 1. The van der Waals surface area contributed by atoms with Crippen molar-refractivity contribution >= 4 is 0 Å². The van der Waals surface area contributed by atoms with Crippen LogP contribution in [-0.4, -0.2) is 18.3 Å². The molecule has 118 valence electrons. The van der Waals surface area contributed by atoms with Crippen molar-refractivity contribution in [2.75, 3.05) is 13.2 Å². The topological polar surface area (TPSA) is 29.5 Å². The van der Waals surface area contributed by atoms with Crippen molar-refractivity contribution in [3.8, 4) is 16.9 Å². The Balaban J connectivity index is 2.43. The van der Waals surface area contributed by atoms with Crippen LogP contribution in [0.1, 0.15) is 18.1 Å². The lowest BCUT2D eigenvalue weighted by Crippen LogP contribution is -2.07. The minimum atomic E-state index is -4.45. The number of hydrogen-bond acceptors (Lipinski definition) is 2. The Kier molecular flexibility index (Phi) is 5.08. The standard InChI is InChI=1S/C17H17F3O2/c1-2-12-3-5-13(6-4-12)14-9-15(17(18,19)20)11-16(10-14)22-8-7-21/h3-6,9-11,21H,2,7-8H2,1H3. The molecule has 0 spiro atoms. The molecule has 0 aromatic heterocycles. The number of halogens is 3. The van der Waals surface area contributed by atoms with Crippen LogP contribution in [0.15, 0.2) is 42.5 Å². The van der Waals surface area contributed by atoms with Crippen molar-refractivity contribution in [3.63, 3.8) is 0 Å². The van der Waals surface area contributed by atoms with E-state index >= 15 is 0 Å².